The van der Waals surface area contributed by atoms with Crippen molar-refractivity contribution in [1.29, 1.82) is 0 Å². The van der Waals surface area contributed by atoms with Crippen LogP contribution in [0.15, 0.2) is 16.9 Å². The molecule has 0 unspecified atom stereocenters. The zero-order chi connectivity index (χ0) is 18.1. The number of halogens is 1. The molecule has 0 saturated heterocycles. The van der Waals surface area contributed by atoms with Gasteiger partial charge in [-0.1, -0.05) is 20.8 Å². The minimum atomic E-state index is -0.441. The first-order valence-corrected chi connectivity index (χ1v) is 7.64. The van der Waals surface area contributed by atoms with Gasteiger partial charge in [0, 0.05) is 20.2 Å². The van der Waals surface area contributed by atoms with E-state index in [2.05, 4.69) is 10.4 Å². The third-order valence-electron chi connectivity index (χ3n) is 3.68. The Labute approximate surface area is 140 Å². The van der Waals surface area contributed by atoms with Crippen LogP contribution in [0.3, 0.4) is 0 Å². The van der Waals surface area contributed by atoms with Gasteiger partial charge in [0.1, 0.15) is 23.9 Å². The molecule has 1 aromatic heterocycles. The van der Waals surface area contributed by atoms with Gasteiger partial charge in [0.05, 0.1) is 6.10 Å². The van der Waals surface area contributed by atoms with E-state index in [1.165, 1.54) is 13.1 Å². The van der Waals surface area contributed by atoms with Crippen molar-refractivity contribution in [3.8, 4) is 11.4 Å². The summed E-state index contributed by atoms with van der Waals surface area (Å²) < 4.78 is 27.5. The fourth-order valence-electron chi connectivity index (χ4n) is 2.14. The second-order valence-corrected chi connectivity index (χ2v) is 6.70. The molecule has 0 radical (unpaired) electrons. The molecule has 2 aromatic rings. The van der Waals surface area contributed by atoms with E-state index in [-0.39, 0.29) is 18.5 Å². The molecule has 0 N–H and O–H groups in total. The standard InChI is InChI=1S/C16H23FN4O3/c1-10(23-6)9-24-14-8-12(17)11(16(2,3)4)7-13(14)21-15(22)20(5)18-19-21/h7-8,10H,9H2,1-6H3/t10-/m0/s1. The number of hydrogen-bond donors (Lipinski definition) is 0. The van der Waals surface area contributed by atoms with Gasteiger partial charge in [-0.3, -0.25) is 0 Å². The summed E-state index contributed by atoms with van der Waals surface area (Å²) >= 11 is 0. The summed E-state index contributed by atoms with van der Waals surface area (Å²) in [4.78, 5) is 12.2. The predicted octanol–water partition coefficient (Wildman–Crippen LogP) is 1.82. The summed E-state index contributed by atoms with van der Waals surface area (Å²) in [6.45, 7) is 7.72. The molecule has 0 aliphatic heterocycles. The van der Waals surface area contributed by atoms with Crippen LogP contribution in [0.5, 0.6) is 5.75 Å². The van der Waals surface area contributed by atoms with E-state index in [0.717, 1.165) is 9.36 Å². The van der Waals surface area contributed by atoms with Crippen LogP contribution in [0.25, 0.3) is 5.69 Å². The second kappa shape index (κ2) is 6.72. The van der Waals surface area contributed by atoms with Crippen molar-refractivity contribution < 1.29 is 13.9 Å². The number of nitrogens with zero attached hydrogens (tertiary/aromatic N) is 4. The third-order valence-corrected chi connectivity index (χ3v) is 3.68. The van der Waals surface area contributed by atoms with Gasteiger partial charge >= 0.3 is 5.69 Å². The zero-order valence-electron chi connectivity index (χ0n) is 14.8. The number of tetrazole rings is 1. The van der Waals surface area contributed by atoms with E-state index in [9.17, 15) is 9.18 Å². The minimum absolute atomic E-state index is 0.179. The number of benzene rings is 1. The topological polar surface area (TPSA) is 71.2 Å². The molecule has 0 bridgehead atoms. The van der Waals surface area contributed by atoms with Crippen LogP contribution in [-0.4, -0.2) is 39.6 Å². The van der Waals surface area contributed by atoms with Gasteiger partial charge in [0.15, 0.2) is 0 Å². The maximum atomic E-state index is 14.5. The second-order valence-electron chi connectivity index (χ2n) is 6.70. The van der Waals surface area contributed by atoms with E-state index in [4.69, 9.17) is 9.47 Å². The highest BCUT2D eigenvalue weighted by atomic mass is 19.1. The van der Waals surface area contributed by atoms with Crippen molar-refractivity contribution >= 4 is 0 Å². The Morgan fingerprint density at radius 1 is 1.29 bits per heavy atom. The Kier molecular flexibility index (Phi) is 5.08. The van der Waals surface area contributed by atoms with E-state index < -0.39 is 16.9 Å². The molecule has 0 amide bonds. The van der Waals surface area contributed by atoms with Gasteiger partial charge in [-0.25, -0.2) is 9.18 Å². The van der Waals surface area contributed by atoms with Crippen molar-refractivity contribution in [3.05, 3.63) is 34.0 Å². The highest BCUT2D eigenvalue weighted by Crippen LogP contribution is 2.32. The van der Waals surface area contributed by atoms with Crippen molar-refractivity contribution in [2.45, 2.75) is 39.2 Å². The summed E-state index contributed by atoms with van der Waals surface area (Å²) in [7, 11) is 3.05. The minimum Gasteiger partial charge on any atom is -0.489 e. The van der Waals surface area contributed by atoms with E-state index >= 15 is 0 Å². The molecule has 7 nitrogen and oxygen atoms in total. The van der Waals surface area contributed by atoms with E-state index in [1.54, 1.807) is 13.2 Å². The average molecular weight is 338 g/mol. The quantitative estimate of drug-likeness (QED) is 0.831. The number of aryl methyl sites for hydroxylation is 1. The van der Waals surface area contributed by atoms with Crippen LogP contribution in [0.4, 0.5) is 4.39 Å². The Bertz CT molecular complexity index is 777. The normalized spacial score (nSPS) is 13.1. The lowest BCUT2D eigenvalue weighted by molar-refractivity contribution is 0.0714. The Morgan fingerprint density at radius 2 is 1.96 bits per heavy atom. The fourth-order valence-corrected chi connectivity index (χ4v) is 2.14. The Hall–Kier alpha value is -2.22. The van der Waals surface area contributed by atoms with E-state index in [0.29, 0.717) is 11.3 Å². The molecule has 1 aromatic carbocycles. The largest absolute Gasteiger partial charge is 0.489 e. The first kappa shape index (κ1) is 18.1. The maximum Gasteiger partial charge on any atom is 0.368 e. The van der Waals surface area contributed by atoms with Gasteiger partial charge in [-0.05, 0) is 34.4 Å². The number of hydrogen-bond acceptors (Lipinski definition) is 5. The molecule has 0 saturated carbocycles. The highest BCUT2D eigenvalue weighted by molar-refractivity contribution is 5.50. The van der Waals surface area contributed by atoms with Gasteiger partial charge < -0.3 is 9.47 Å². The van der Waals surface area contributed by atoms with Crippen molar-refractivity contribution in [3.63, 3.8) is 0 Å². The summed E-state index contributed by atoms with van der Waals surface area (Å²) in [5.74, 6) is -0.185. The summed E-state index contributed by atoms with van der Waals surface area (Å²) in [5, 5.41) is 7.53. The smallest absolute Gasteiger partial charge is 0.368 e. The summed E-state index contributed by atoms with van der Waals surface area (Å²) in [6.07, 6.45) is -0.179. The average Bonchev–Trinajstić information content (AvgIpc) is 2.83. The van der Waals surface area contributed by atoms with Gasteiger partial charge in [0.25, 0.3) is 0 Å². The van der Waals surface area contributed by atoms with Crippen molar-refractivity contribution in [2.24, 2.45) is 7.05 Å². The molecule has 0 aliphatic carbocycles. The van der Waals surface area contributed by atoms with Crippen LogP contribution in [0.1, 0.15) is 33.3 Å². The molecule has 24 heavy (non-hydrogen) atoms. The molecule has 1 heterocycles. The lowest BCUT2D eigenvalue weighted by Crippen LogP contribution is -2.24. The molecule has 0 spiro atoms. The van der Waals surface area contributed by atoms with Gasteiger partial charge in [-0.15, -0.1) is 0 Å². The van der Waals surface area contributed by atoms with Crippen LogP contribution < -0.4 is 10.4 Å². The predicted molar refractivity (Wildman–Crippen MR) is 87.2 cm³/mol. The van der Waals surface area contributed by atoms with Crippen LogP contribution in [0.2, 0.25) is 0 Å². The van der Waals surface area contributed by atoms with Crippen LogP contribution in [-0.2, 0) is 17.2 Å². The molecular formula is C16H23FN4O3. The van der Waals surface area contributed by atoms with E-state index in [1.807, 2.05) is 27.7 Å². The number of rotatable bonds is 5. The monoisotopic (exact) mass is 338 g/mol. The zero-order valence-corrected chi connectivity index (χ0v) is 14.8. The van der Waals surface area contributed by atoms with Gasteiger partial charge in [-0.2, -0.15) is 9.36 Å². The first-order valence-electron chi connectivity index (χ1n) is 7.64. The van der Waals surface area contributed by atoms with Gasteiger partial charge in [0.2, 0.25) is 0 Å². The van der Waals surface area contributed by atoms with Crippen molar-refractivity contribution in [2.75, 3.05) is 13.7 Å². The van der Waals surface area contributed by atoms with Crippen LogP contribution in [0, 0.1) is 5.82 Å². The molecular weight excluding hydrogens is 315 g/mol. The fraction of sp³-hybridized carbons (Fsp3) is 0.562. The molecule has 0 aliphatic rings. The Morgan fingerprint density at radius 3 is 2.46 bits per heavy atom. The number of ether oxygens (including phenoxy) is 2. The molecule has 0 fully saturated rings. The maximum absolute atomic E-state index is 14.5. The molecule has 132 valence electrons. The number of aromatic nitrogens is 4. The lowest BCUT2D eigenvalue weighted by atomic mass is 9.86. The highest BCUT2D eigenvalue weighted by Gasteiger charge is 2.24. The third kappa shape index (κ3) is 3.64. The summed E-state index contributed by atoms with van der Waals surface area (Å²) in [5.41, 5.74) is -0.0701. The lowest BCUT2D eigenvalue weighted by Gasteiger charge is -2.22. The molecule has 1 atom stereocenters. The van der Waals surface area contributed by atoms with Crippen molar-refractivity contribution in [1.82, 2.24) is 19.8 Å². The SMILES string of the molecule is CO[C@@H](C)COc1cc(F)c(C(C)(C)C)cc1-n1nnn(C)c1=O. The molecule has 8 heteroatoms. The number of methoxy groups -OCH3 is 1. The molecule has 2 rings (SSSR count). The summed E-state index contributed by atoms with van der Waals surface area (Å²) in [6, 6.07) is 2.86. The Balaban J connectivity index is 2.59. The van der Waals surface area contributed by atoms with Crippen LogP contribution >= 0.6 is 0 Å². The first-order chi connectivity index (χ1) is 11.1.